The van der Waals surface area contributed by atoms with Crippen LogP contribution >= 0.6 is 11.6 Å². The SMILES string of the molecule is O=C(CCCCCl)Nc1ccnn1C1CNC1. The van der Waals surface area contributed by atoms with E-state index in [0.717, 1.165) is 31.7 Å². The number of hydrogen-bond acceptors (Lipinski definition) is 3. The zero-order valence-corrected chi connectivity index (χ0v) is 10.4. The number of alkyl halides is 1. The molecule has 1 aromatic rings. The zero-order chi connectivity index (χ0) is 12.1. The van der Waals surface area contributed by atoms with E-state index in [1.165, 1.54) is 0 Å². The maximum Gasteiger partial charge on any atom is 0.225 e. The summed E-state index contributed by atoms with van der Waals surface area (Å²) < 4.78 is 1.87. The van der Waals surface area contributed by atoms with Gasteiger partial charge in [-0.25, -0.2) is 4.68 Å². The molecule has 1 aromatic heterocycles. The fraction of sp³-hybridized carbons (Fsp3) is 0.636. The molecule has 1 saturated heterocycles. The average Bonchev–Trinajstić information content (AvgIpc) is 2.64. The molecular formula is C11H17ClN4O. The summed E-state index contributed by atoms with van der Waals surface area (Å²) in [6.07, 6.45) is 3.93. The Balaban J connectivity index is 1.85. The van der Waals surface area contributed by atoms with Crippen molar-refractivity contribution in [2.24, 2.45) is 0 Å². The summed E-state index contributed by atoms with van der Waals surface area (Å²) in [6.45, 7) is 1.83. The molecule has 0 unspecified atom stereocenters. The number of nitrogens with one attached hydrogen (secondary N) is 2. The van der Waals surface area contributed by atoms with Crippen molar-refractivity contribution >= 4 is 23.3 Å². The average molecular weight is 257 g/mol. The predicted molar refractivity (Wildman–Crippen MR) is 67.3 cm³/mol. The van der Waals surface area contributed by atoms with Crippen LogP contribution in [0.4, 0.5) is 5.82 Å². The highest BCUT2D eigenvalue weighted by molar-refractivity contribution is 6.17. The summed E-state index contributed by atoms with van der Waals surface area (Å²) in [5.41, 5.74) is 0. The van der Waals surface area contributed by atoms with Crippen LogP contribution < -0.4 is 10.6 Å². The number of aromatic nitrogens is 2. The van der Waals surface area contributed by atoms with E-state index in [9.17, 15) is 4.79 Å². The summed E-state index contributed by atoms with van der Waals surface area (Å²) in [4.78, 5) is 11.7. The van der Waals surface area contributed by atoms with E-state index >= 15 is 0 Å². The smallest absolute Gasteiger partial charge is 0.225 e. The molecule has 6 heteroatoms. The zero-order valence-electron chi connectivity index (χ0n) is 9.66. The second-order valence-corrected chi connectivity index (χ2v) is 4.55. The number of carbonyl (C=O) groups is 1. The van der Waals surface area contributed by atoms with Gasteiger partial charge in [0.25, 0.3) is 0 Å². The van der Waals surface area contributed by atoms with Gasteiger partial charge in [-0.05, 0) is 12.8 Å². The van der Waals surface area contributed by atoms with Gasteiger partial charge in [-0.2, -0.15) is 5.10 Å². The standard InChI is InChI=1S/C11H17ClN4O/c12-5-2-1-3-11(17)15-10-4-6-14-16(10)9-7-13-8-9/h4,6,9,13H,1-3,5,7-8H2,(H,15,17). The summed E-state index contributed by atoms with van der Waals surface area (Å²) in [7, 11) is 0. The number of carbonyl (C=O) groups excluding carboxylic acids is 1. The van der Waals surface area contributed by atoms with E-state index in [0.29, 0.717) is 18.3 Å². The molecule has 1 aliphatic heterocycles. The maximum absolute atomic E-state index is 11.7. The number of halogens is 1. The molecule has 0 aromatic carbocycles. The summed E-state index contributed by atoms with van der Waals surface area (Å²) in [5, 5.41) is 10.3. The molecule has 5 nitrogen and oxygen atoms in total. The van der Waals surface area contributed by atoms with Gasteiger partial charge in [0, 0.05) is 31.5 Å². The topological polar surface area (TPSA) is 59.0 Å². The lowest BCUT2D eigenvalue weighted by atomic mass is 10.2. The molecule has 0 saturated carbocycles. The van der Waals surface area contributed by atoms with Crippen LogP contribution in [0.5, 0.6) is 0 Å². The second-order valence-electron chi connectivity index (χ2n) is 4.17. The lowest BCUT2D eigenvalue weighted by Gasteiger charge is -2.28. The Bertz CT molecular complexity index is 375. The molecule has 17 heavy (non-hydrogen) atoms. The van der Waals surface area contributed by atoms with Crippen LogP contribution in [0.3, 0.4) is 0 Å². The van der Waals surface area contributed by atoms with E-state index in [-0.39, 0.29) is 5.91 Å². The van der Waals surface area contributed by atoms with Crippen molar-refractivity contribution < 1.29 is 4.79 Å². The number of amides is 1. The van der Waals surface area contributed by atoms with Gasteiger partial charge in [0.05, 0.1) is 12.2 Å². The van der Waals surface area contributed by atoms with E-state index in [1.807, 2.05) is 10.7 Å². The molecule has 1 amide bonds. The second kappa shape index (κ2) is 6.02. The summed E-state index contributed by atoms with van der Waals surface area (Å²) in [6, 6.07) is 2.20. The fourth-order valence-corrected chi connectivity index (χ4v) is 1.92. The molecule has 0 atom stereocenters. The Morgan fingerprint density at radius 2 is 2.41 bits per heavy atom. The number of hydrogen-bond donors (Lipinski definition) is 2. The highest BCUT2D eigenvalue weighted by Gasteiger charge is 2.21. The van der Waals surface area contributed by atoms with Crippen LogP contribution in [0.1, 0.15) is 25.3 Å². The number of unbranched alkanes of at least 4 members (excludes halogenated alkanes) is 1. The van der Waals surface area contributed by atoms with Crippen molar-refractivity contribution in [3.63, 3.8) is 0 Å². The van der Waals surface area contributed by atoms with Gasteiger partial charge in [0.15, 0.2) is 0 Å². The van der Waals surface area contributed by atoms with Crippen molar-refractivity contribution in [1.29, 1.82) is 0 Å². The number of nitrogens with zero attached hydrogens (tertiary/aromatic N) is 2. The molecule has 2 N–H and O–H groups in total. The molecule has 1 aliphatic rings. The van der Waals surface area contributed by atoms with Gasteiger partial charge >= 0.3 is 0 Å². The molecule has 0 bridgehead atoms. The van der Waals surface area contributed by atoms with Crippen LogP contribution in [0.15, 0.2) is 12.3 Å². The third-order valence-electron chi connectivity index (χ3n) is 2.83. The van der Waals surface area contributed by atoms with Gasteiger partial charge < -0.3 is 10.6 Å². The molecule has 0 radical (unpaired) electrons. The van der Waals surface area contributed by atoms with Gasteiger partial charge in [0.1, 0.15) is 5.82 Å². The van der Waals surface area contributed by atoms with Crippen molar-refractivity contribution in [2.75, 3.05) is 24.3 Å². The highest BCUT2D eigenvalue weighted by atomic mass is 35.5. The maximum atomic E-state index is 11.7. The van der Waals surface area contributed by atoms with Gasteiger partial charge in [-0.3, -0.25) is 4.79 Å². The van der Waals surface area contributed by atoms with Crippen LogP contribution in [-0.2, 0) is 4.79 Å². The molecular weight excluding hydrogens is 240 g/mol. The third-order valence-corrected chi connectivity index (χ3v) is 3.10. The molecule has 2 heterocycles. The lowest BCUT2D eigenvalue weighted by molar-refractivity contribution is -0.116. The minimum Gasteiger partial charge on any atom is -0.312 e. The van der Waals surface area contributed by atoms with E-state index < -0.39 is 0 Å². The van der Waals surface area contributed by atoms with Crippen molar-refractivity contribution in [1.82, 2.24) is 15.1 Å². The molecule has 1 fully saturated rings. The first-order valence-corrected chi connectivity index (χ1v) is 6.45. The van der Waals surface area contributed by atoms with Crippen LogP contribution in [0.2, 0.25) is 0 Å². The van der Waals surface area contributed by atoms with Crippen LogP contribution in [-0.4, -0.2) is 34.7 Å². The first kappa shape index (κ1) is 12.4. The lowest BCUT2D eigenvalue weighted by Crippen LogP contribution is -2.44. The first-order chi connectivity index (χ1) is 8.31. The van der Waals surface area contributed by atoms with Crippen molar-refractivity contribution in [3.8, 4) is 0 Å². The normalized spacial score (nSPS) is 15.6. The summed E-state index contributed by atoms with van der Waals surface area (Å²) >= 11 is 5.57. The fourth-order valence-electron chi connectivity index (χ4n) is 1.74. The predicted octanol–water partition coefficient (Wildman–Crippen LogP) is 1.38. The molecule has 0 spiro atoms. The van der Waals surface area contributed by atoms with Crippen LogP contribution in [0.25, 0.3) is 0 Å². The van der Waals surface area contributed by atoms with E-state index in [1.54, 1.807) is 6.20 Å². The minimum atomic E-state index is 0.0316. The molecule has 2 rings (SSSR count). The van der Waals surface area contributed by atoms with E-state index in [2.05, 4.69) is 15.7 Å². The first-order valence-electron chi connectivity index (χ1n) is 5.91. The summed E-state index contributed by atoms with van der Waals surface area (Å²) in [5.74, 6) is 1.43. The Hall–Kier alpha value is -1.07. The van der Waals surface area contributed by atoms with E-state index in [4.69, 9.17) is 11.6 Å². The number of anilines is 1. The van der Waals surface area contributed by atoms with Gasteiger partial charge in [-0.1, -0.05) is 0 Å². The Labute approximate surface area is 106 Å². The highest BCUT2D eigenvalue weighted by Crippen LogP contribution is 2.17. The quantitative estimate of drug-likeness (QED) is 0.597. The molecule has 0 aliphatic carbocycles. The van der Waals surface area contributed by atoms with Crippen LogP contribution in [0, 0.1) is 0 Å². The minimum absolute atomic E-state index is 0.0316. The molecule has 94 valence electrons. The third kappa shape index (κ3) is 3.20. The van der Waals surface area contributed by atoms with Crippen molar-refractivity contribution in [2.45, 2.75) is 25.3 Å². The van der Waals surface area contributed by atoms with Gasteiger partial charge in [0.2, 0.25) is 5.91 Å². The Morgan fingerprint density at radius 1 is 1.59 bits per heavy atom. The number of rotatable bonds is 6. The van der Waals surface area contributed by atoms with Crippen molar-refractivity contribution in [3.05, 3.63) is 12.3 Å². The Kier molecular flexibility index (Phi) is 4.39. The monoisotopic (exact) mass is 256 g/mol. The largest absolute Gasteiger partial charge is 0.312 e. The Morgan fingerprint density at radius 3 is 3.06 bits per heavy atom. The van der Waals surface area contributed by atoms with Gasteiger partial charge in [-0.15, -0.1) is 11.6 Å².